The van der Waals surface area contributed by atoms with E-state index in [4.69, 9.17) is 9.57 Å². The maximum atomic E-state index is 11.5. The summed E-state index contributed by atoms with van der Waals surface area (Å²) in [6.07, 6.45) is -0.429. The van der Waals surface area contributed by atoms with E-state index in [1.807, 2.05) is 6.92 Å². The largest absolute Gasteiger partial charge is 1.00 e. The lowest BCUT2D eigenvalue weighted by Crippen LogP contribution is -3.00. The van der Waals surface area contributed by atoms with Crippen molar-refractivity contribution < 1.29 is 37.0 Å². The van der Waals surface area contributed by atoms with Gasteiger partial charge in [-0.05, 0) is 41.9 Å². The first-order chi connectivity index (χ1) is 11.9. The number of nitrogens with zero attached hydrogens (tertiary/aromatic N) is 2. The number of nitrogens with one attached hydrogen (secondary N) is 1. The second kappa shape index (κ2) is 9.62. The number of aromatic hydroxyl groups is 1. The number of ether oxygens (including phenoxy) is 1. The third-order valence-corrected chi connectivity index (χ3v) is 3.33. The number of hydrogen-bond acceptors (Lipinski definition) is 5. The summed E-state index contributed by atoms with van der Waals surface area (Å²) in [5.74, 6) is 0.554. The molecule has 0 atom stereocenters. The molecule has 0 aliphatic rings. The van der Waals surface area contributed by atoms with Gasteiger partial charge in [0.1, 0.15) is 11.5 Å². The van der Waals surface area contributed by atoms with Crippen molar-refractivity contribution in [3.8, 4) is 11.5 Å². The Morgan fingerprint density at radius 3 is 2.46 bits per heavy atom. The van der Waals surface area contributed by atoms with Gasteiger partial charge in [-0.2, -0.15) is 0 Å². The Kier molecular flexibility index (Phi) is 7.86. The van der Waals surface area contributed by atoms with Crippen LogP contribution in [0, 0.1) is 6.92 Å². The molecule has 1 aromatic carbocycles. The van der Waals surface area contributed by atoms with Gasteiger partial charge in [0.05, 0.1) is 0 Å². The molecule has 0 aliphatic carbocycles. The van der Waals surface area contributed by atoms with Crippen LogP contribution in [0.3, 0.4) is 0 Å². The predicted octanol–water partition coefficient (Wildman–Crippen LogP) is -1.82. The Labute approximate surface area is 158 Å². The van der Waals surface area contributed by atoms with Crippen LogP contribution in [-0.2, 0) is 11.4 Å². The van der Waals surface area contributed by atoms with Gasteiger partial charge in [0.25, 0.3) is 5.71 Å². The van der Waals surface area contributed by atoms with E-state index >= 15 is 0 Å². The Balaban J connectivity index is 0.00000338. The smallest absolute Gasteiger partial charge is 0.414 e. The maximum absolute atomic E-state index is 11.5. The lowest BCUT2D eigenvalue weighted by molar-refractivity contribution is -0.758. The van der Waals surface area contributed by atoms with Crippen LogP contribution in [0.15, 0.2) is 36.4 Å². The second-order valence-electron chi connectivity index (χ2n) is 5.74. The first kappa shape index (κ1) is 21.2. The number of amides is 1. The Morgan fingerprint density at radius 2 is 1.85 bits per heavy atom. The molecule has 0 saturated heterocycles. The number of pyridine rings is 1. The summed E-state index contributed by atoms with van der Waals surface area (Å²) >= 11 is 0. The molecular weight excluding hydrogens is 358 g/mol. The van der Waals surface area contributed by atoms with E-state index in [0.29, 0.717) is 23.8 Å². The molecule has 0 unspecified atom stereocenters. The van der Waals surface area contributed by atoms with E-state index in [0.717, 1.165) is 11.3 Å². The molecule has 140 valence electrons. The molecule has 2 N–H and O–H groups in total. The van der Waals surface area contributed by atoms with Gasteiger partial charge in [0.2, 0.25) is 0 Å². The molecular formula is C18H22ClN3O4. The molecule has 0 fully saturated rings. The van der Waals surface area contributed by atoms with E-state index in [9.17, 15) is 9.90 Å². The summed E-state index contributed by atoms with van der Waals surface area (Å²) in [6.45, 7) is 3.92. The van der Waals surface area contributed by atoms with Crippen molar-refractivity contribution in [2.24, 2.45) is 0 Å². The summed E-state index contributed by atoms with van der Waals surface area (Å²) in [7, 11) is 3.24. The lowest BCUT2D eigenvalue weighted by Gasteiger charge is -2.10. The van der Waals surface area contributed by atoms with Crippen LogP contribution < -0.4 is 22.3 Å². The number of carbonyl (C=O) groups excluding carboxylic acids is 1. The third-order valence-electron chi connectivity index (χ3n) is 3.33. The molecule has 26 heavy (non-hydrogen) atoms. The Bertz CT molecular complexity index is 777. The fourth-order valence-electron chi connectivity index (χ4n) is 1.95. The fourth-order valence-corrected chi connectivity index (χ4v) is 1.95. The van der Waals surface area contributed by atoms with Crippen molar-refractivity contribution in [3.05, 3.63) is 53.3 Å². The minimum atomic E-state index is -0.429. The highest BCUT2D eigenvalue weighted by atomic mass is 35.5. The van der Waals surface area contributed by atoms with Gasteiger partial charge in [-0.3, -0.25) is 4.84 Å². The number of rotatable bonds is 5. The Morgan fingerprint density at radius 1 is 1.19 bits per heavy atom. The number of aromatic nitrogens is 1. The number of halogens is 1. The summed E-state index contributed by atoms with van der Waals surface area (Å²) in [6, 6.07) is 10.3. The Hall–Kier alpha value is -2.80. The quantitative estimate of drug-likeness (QED) is 0.472. The number of benzene rings is 1. The monoisotopic (exact) mass is 379 g/mol. The van der Waals surface area contributed by atoms with Crippen molar-refractivity contribution in [3.63, 3.8) is 0 Å². The van der Waals surface area contributed by atoms with E-state index in [1.165, 1.54) is 4.90 Å². The average molecular weight is 380 g/mol. The molecule has 1 heterocycles. The molecule has 0 bridgehead atoms. The van der Waals surface area contributed by atoms with Crippen LogP contribution in [0.5, 0.6) is 11.5 Å². The zero-order valence-electron chi connectivity index (χ0n) is 15.1. The highest BCUT2D eigenvalue weighted by Gasteiger charge is 2.13. The van der Waals surface area contributed by atoms with Crippen LogP contribution in [0.25, 0.3) is 0 Å². The first-order valence-electron chi connectivity index (χ1n) is 7.73. The molecule has 0 spiro atoms. The average Bonchev–Trinajstić information content (AvgIpc) is 2.58. The van der Waals surface area contributed by atoms with Crippen molar-refractivity contribution in [1.82, 2.24) is 9.88 Å². The minimum absolute atomic E-state index is 0. The molecule has 0 aliphatic heterocycles. The molecule has 1 amide bonds. The van der Waals surface area contributed by atoms with Gasteiger partial charge in [-0.1, -0.05) is 12.1 Å². The van der Waals surface area contributed by atoms with E-state index in [1.54, 1.807) is 57.4 Å². The zero-order valence-corrected chi connectivity index (χ0v) is 15.9. The van der Waals surface area contributed by atoms with Crippen molar-refractivity contribution in [1.29, 1.82) is 0 Å². The van der Waals surface area contributed by atoms with Crippen LogP contribution in [0.1, 0.15) is 23.9 Å². The summed E-state index contributed by atoms with van der Waals surface area (Å²) < 4.78 is 5.15. The minimum Gasteiger partial charge on any atom is -1.00 e. The number of hydrogen-bond donors (Lipinski definition) is 2. The van der Waals surface area contributed by atoms with Crippen molar-refractivity contribution in [2.45, 2.75) is 20.5 Å². The first-order valence-corrected chi connectivity index (χ1v) is 7.73. The number of aryl methyl sites for hydroxylation is 1. The number of carbonyl (C=O) groups is 1. The van der Waals surface area contributed by atoms with Gasteiger partial charge in [0.15, 0.2) is 12.3 Å². The molecule has 0 saturated carbocycles. The molecule has 1 aromatic heterocycles. The van der Waals surface area contributed by atoms with Crippen LogP contribution in [0.4, 0.5) is 4.79 Å². The highest BCUT2D eigenvalue weighted by Crippen LogP contribution is 2.14. The van der Waals surface area contributed by atoms with E-state index < -0.39 is 6.09 Å². The summed E-state index contributed by atoms with van der Waals surface area (Å²) in [5, 5.41) is 12.6. The molecule has 8 heteroatoms. The van der Waals surface area contributed by atoms with Crippen LogP contribution in [0.2, 0.25) is 0 Å². The zero-order chi connectivity index (χ0) is 18.4. The van der Waals surface area contributed by atoms with Gasteiger partial charge in [0, 0.05) is 26.7 Å². The molecule has 2 aromatic rings. The van der Waals surface area contributed by atoms with Crippen molar-refractivity contribution in [2.75, 3.05) is 14.1 Å². The standard InChI is InChI=1S/C18H21N3O4.ClH/c1-12-5-10-16(22)17(19-12)13(2)20-24-11-14-6-8-15(9-7-14)25-18(23)21(3)4;/h5-10,22H,11H2,1-4H3;1H. The molecule has 0 radical (unpaired) electrons. The van der Waals surface area contributed by atoms with Gasteiger partial charge in [-0.25, -0.2) is 9.78 Å². The van der Waals surface area contributed by atoms with Gasteiger partial charge >= 0.3 is 6.09 Å². The van der Waals surface area contributed by atoms with Gasteiger partial charge in [-0.15, -0.1) is 0 Å². The lowest BCUT2D eigenvalue weighted by atomic mass is 10.2. The second-order valence-corrected chi connectivity index (χ2v) is 5.74. The SMILES string of the molecule is CC(=[NH+]OCc1ccc(OC(=O)N(C)C)cc1)c1nc(C)ccc1O.[Cl-]. The highest BCUT2D eigenvalue weighted by molar-refractivity contribution is 5.94. The predicted molar refractivity (Wildman–Crippen MR) is 92.3 cm³/mol. The fraction of sp³-hybridized carbons (Fsp3) is 0.278. The molecule has 2 rings (SSSR count). The topological polar surface area (TPSA) is 85.9 Å². The third kappa shape index (κ3) is 5.93. The normalized spacial score (nSPS) is 10.7. The van der Waals surface area contributed by atoms with Gasteiger partial charge < -0.3 is 27.2 Å². The summed E-state index contributed by atoms with van der Waals surface area (Å²) in [4.78, 5) is 22.5. The summed E-state index contributed by atoms with van der Waals surface area (Å²) in [5.41, 5.74) is 2.76. The van der Waals surface area contributed by atoms with E-state index in [-0.39, 0.29) is 18.2 Å². The van der Waals surface area contributed by atoms with E-state index in [2.05, 4.69) is 10.1 Å². The maximum Gasteiger partial charge on any atom is 0.414 e. The molecule has 7 nitrogen and oxygen atoms in total. The van der Waals surface area contributed by atoms with Crippen molar-refractivity contribution >= 4 is 11.8 Å². The van der Waals surface area contributed by atoms with Crippen LogP contribution in [-0.4, -0.2) is 40.9 Å². The van der Waals surface area contributed by atoms with Crippen LogP contribution >= 0.6 is 0 Å².